The minimum atomic E-state index is -1.48. The molecule has 0 aromatic heterocycles. The zero-order chi connectivity index (χ0) is 14.6. The highest BCUT2D eigenvalue weighted by Crippen LogP contribution is 2.21. The van der Waals surface area contributed by atoms with Gasteiger partial charge in [-0.2, -0.15) is 0 Å². The van der Waals surface area contributed by atoms with Crippen LogP contribution in [0.4, 0.5) is 14.5 Å². The zero-order valence-corrected chi connectivity index (χ0v) is 11.2. The fourth-order valence-corrected chi connectivity index (χ4v) is 1.62. The second-order valence-electron chi connectivity index (χ2n) is 4.73. The van der Waals surface area contributed by atoms with E-state index >= 15 is 0 Å². The normalized spacial score (nSPS) is 12.5. The van der Waals surface area contributed by atoms with E-state index in [9.17, 15) is 13.6 Å². The van der Waals surface area contributed by atoms with Gasteiger partial charge in [-0.3, -0.25) is 0 Å². The summed E-state index contributed by atoms with van der Waals surface area (Å²) in [6, 6.07) is 2.25. The van der Waals surface area contributed by atoms with Gasteiger partial charge in [-0.05, 0) is 46.1 Å². The summed E-state index contributed by atoms with van der Waals surface area (Å²) in [4.78, 5) is 12.6. The third-order valence-corrected chi connectivity index (χ3v) is 2.72. The topological polar surface area (TPSA) is 52.6 Å². The van der Waals surface area contributed by atoms with Gasteiger partial charge in [0.25, 0.3) is 0 Å². The van der Waals surface area contributed by atoms with Gasteiger partial charge in [-0.25, -0.2) is 13.6 Å². The standard InChI is InChI=1S/C13H18F2N2O2/c1-8(6-7-17(2)3)16-10-5-4-9(13(18)19)11(14)12(10)15/h4-5,8,16H,6-7H2,1-3H3,(H,18,19). The van der Waals surface area contributed by atoms with Crippen LogP contribution in [-0.4, -0.2) is 42.7 Å². The monoisotopic (exact) mass is 272 g/mol. The molecule has 0 amide bonds. The Morgan fingerprint density at radius 3 is 2.53 bits per heavy atom. The largest absolute Gasteiger partial charge is 0.478 e. The number of carboxylic acid groups (broad SMARTS) is 1. The second-order valence-corrected chi connectivity index (χ2v) is 4.73. The number of benzene rings is 1. The third-order valence-electron chi connectivity index (χ3n) is 2.72. The summed E-state index contributed by atoms with van der Waals surface area (Å²) >= 11 is 0. The number of halogens is 2. The molecule has 1 unspecified atom stereocenters. The zero-order valence-electron chi connectivity index (χ0n) is 11.2. The average molecular weight is 272 g/mol. The van der Waals surface area contributed by atoms with Gasteiger partial charge < -0.3 is 15.3 Å². The summed E-state index contributed by atoms with van der Waals surface area (Å²) in [6.07, 6.45) is 0.759. The Morgan fingerprint density at radius 1 is 1.37 bits per heavy atom. The molecule has 1 aromatic rings. The highest BCUT2D eigenvalue weighted by Gasteiger charge is 2.18. The number of carbonyl (C=O) groups is 1. The van der Waals surface area contributed by atoms with E-state index in [0.717, 1.165) is 19.0 Å². The molecule has 0 aliphatic carbocycles. The van der Waals surface area contributed by atoms with Crippen molar-refractivity contribution < 1.29 is 18.7 Å². The van der Waals surface area contributed by atoms with Crippen molar-refractivity contribution >= 4 is 11.7 Å². The number of hydrogen-bond donors (Lipinski definition) is 2. The fourth-order valence-electron chi connectivity index (χ4n) is 1.62. The van der Waals surface area contributed by atoms with Gasteiger partial charge in [-0.1, -0.05) is 0 Å². The van der Waals surface area contributed by atoms with Gasteiger partial charge in [-0.15, -0.1) is 0 Å². The van der Waals surface area contributed by atoms with Crippen LogP contribution in [0.3, 0.4) is 0 Å². The Kier molecular flexibility index (Phi) is 5.23. The van der Waals surface area contributed by atoms with Crippen molar-refractivity contribution in [2.24, 2.45) is 0 Å². The lowest BCUT2D eigenvalue weighted by molar-refractivity contribution is 0.0690. The summed E-state index contributed by atoms with van der Waals surface area (Å²) < 4.78 is 27.1. The molecule has 1 rings (SSSR count). The van der Waals surface area contributed by atoms with Crippen LogP contribution in [-0.2, 0) is 0 Å². The van der Waals surface area contributed by atoms with Crippen LogP contribution in [0.5, 0.6) is 0 Å². The number of carboxylic acids is 1. The Bertz CT molecular complexity index is 464. The van der Waals surface area contributed by atoms with Gasteiger partial charge in [0, 0.05) is 6.04 Å². The Balaban J connectivity index is 2.80. The molecule has 2 N–H and O–H groups in total. The van der Waals surface area contributed by atoms with Gasteiger partial charge in [0.1, 0.15) is 0 Å². The smallest absolute Gasteiger partial charge is 0.338 e. The van der Waals surface area contributed by atoms with Crippen molar-refractivity contribution in [3.63, 3.8) is 0 Å². The SMILES string of the molecule is CC(CCN(C)C)Nc1ccc(C(=O)O)c(F)c1F. The maximum atomic E-state index is 13.7. The first-order chi connectivity index (χ1) is 8.82. The highest BCUT2D eigenvalue weighted by molar-refractivity contribution is 5.88. The van der Waals surface area contributed by atoms with Gasteiger partial charge in [0.15, 0.2) is 11.6 Å². The summed E-state index contributed by atoms with van der Waals surface area (Å²) in [7, 11) is 3.85. The predicted molar refractivity (Wildman–Crippen MR) is 69.6 cm³/mol. The number of hydrogen-bond acceptors (Lipinski definition) is 3. The van der Waals surface area contributed by atoms with E-state index in [4.69, 9.17) is 5.11 Å². The molecule has 106 valence electrons. The molecular formula is C13H18F2N2O2. The van der Waals surface area contributed by atoms with E-state index in [-0.39, 0.29) is 11.7 Å². The van der Waals surface area contributed by atoms with Crippen LogP contribution in [0.1, 0.15) is 23.7 Å². The summed E-state index contributed by atoms with van der Waals surface area (Å²) in [5, 5.41) is 11.5. The van der Waals surface area contributed by atoms with Crippen molar-refractivity contribution in [1.82, 2.24) is 4.90 Å². The lowest BCUT2D eigenvalue weighted by Crippen LogP contribution is -2.23. The summed E-state index contributed by atoms with van der Waals surface area (Å²) in [5.41, 5.74) is -0.683. The van der Waals surface area contributed by atoms with E-state index in [1.54, 1.807) is 0 Å². The van der Waals surface area contributed by atoms with Crippen LogP contribution in [0.15, 0.2) is 12.1 Å². The van der Waals surface area contributed by atoms with Crippen molar-refractivity contribution in [2.75, 3.05) is 26.0 Å². The second kappa shape index (κ2) is 6.47. The first-order valence-electron chi connectivity index (χ1n) is 5.95. The van der Waals surface area contributed by atoms with E-state index in [1.165, 1.54) is 6.07 Å². The minimum absolute atomic E-state index is 0.0197. The first-order valence-corrected chi connectivity index (χ1v) is 5.95. The van der Waals surface area contributed by atoms with Gasteiger partial charge in [0.05, 0.1) is 11.3 Å². The molecule has 0 bridgehead atoms. The van der Waals surface area contributed by atoms with Crippen LogP contribution >= 0.6 is 0 Å². The summed E-state index contributed by atoms with van der Waals surface area (Å²) in [5.74, 6) is -3.97. The van der Waals surface area contributed by atoms with Gasteiger partial charge in [0.2, 0.25) is 0 Å². The van der Waals surface area contributed by atoms with Crippen molar-refractivity contribution in [3.05, 3.63) is 29.3 Å². The average Bonchev–Trinajstić information content (AvgIpc) is 2.32. The molecular weight excluding hydrogens is 254 g/mol. The van der Waals surface area contributed by atoms with E-state index in [0.29, 0.717) is 0 Å². The molecule has 19 heavy (non-hydrogen) atoms. The molecule has 0 saturated heterocycles. The van der Waals surface area contributed by atoms with E-state index < -0.39 is 23.2 Å². The number of rotatable bonds is 6. The summed E-state index contributed by atoms with van der Waals surface area (Å²) in [6.45, 7) is 2.66. The molecule has 6 heteroatoms. The van der Waals surface area contributed by atoms with Crippen LogP contribution in [0.25, 0.3) is 0 Å². The molecule has 4 nitrogen and oxygen atoms in total. The van der Waals surface area contributed by atoms with Gasteiger partial charge >= 0.3 is 5.97 Å². The lowest BCUT2D eigenvalue weighted by atomic mass is 10.1. The maximum absolute atomic E-state index is 13.7. The molecule has 0 aliphatic heterocycles. The molecule has 0 heterocycles. The minimum Gasteiger partial charge on any atom is -0.478 e. The molecule has 0 spiro atoms. The Labute approximate surface area is 111 Å². The number of aromatic carboxylic acids is 1. The molecule has 1 aromatic carbocycles. The highest BCUT2D eigenvalue weighted by atomic mass is 19.2. The van der Waals surface area contributed by atoms with Crippen LogP contribution in [0, 0.1) is 11.6 Å². The predicted octanol–water partition coefficient (Wildman–Crippen LogP) is 2.42. The molecule has 0 radical (unpaired) electrons. The van der Waals surface area contributed by atoms with Crippen LogP contribution < -0.4 is 5.32 Å². The lowest BCUT2D eigenvalue weighted by Gasteiger charge is -2.18. The van der Waals surface area contributed by atoms with Crippen LogP contribution in [0.2, 0.25) is 0 Å². The molecule has 1 atom stereocenters. The number of nitrogens with zero attached hydrogens (tertiary/aromatic N) is 1. The third kappa shape index (κ3) is 4.17. The first kappa shape index (κ1) is 15.4. The molecule has 0 fully saturated rings. The van der Waals surface area contributed by atoms with E-state index in [1.807, 2.05) is 25.9 Å². The quantitative estimate of drug-likeness (QED) is 0.835. The number of nitrogens with one attached hydrogen (secondary N) is 1. The Morgan fingerprint density at radius 2 is 2.00 bits per heavy atom. The molecule has 0 saturated carbocycles. The van der Waals surface area contributed by atoms with Crippen molar-refractivity contribution in [2.45, 2.75) is 19.4 Å². The molecule has 0 aliphatic rings. The Hall–Kier alpha value is -1.69. The fraction of sp³-hybridized carbons (Fsp3) is 0.462. The maximum Gasteiger partial charge on any atom is 0.338 e. The van der Waals surface area contributed by atoms with E-state index in [2.05, 4.69) is 5.32 Å². The number of anilines is 1. The van der Waals surface area contributed by atoms with Crippen molar-refractivity contribution in [1.29, 1.82) is 0 Å². The van der Waals surface area contributed by atoms with Crippen molar-refractivity contribution in [3.8, 4) is 0 Å².